The number of halogens is 1. The molecule has 0 saturated carbocycles. The number of aryl methyl sites for hydroxylation is 1. The number of nitrogens with one attached hydrogen (secondary N) is 1. The molecule has 0 unspecified atom stereocenters. The lowest BCUT2D eigenvalue weighted by Gasteiger charge is -2.08. The quantitative estimate of drug-likeness (QED) is 0.718. The molecule has 0 aliphatic rings. The van der Waals surface area contributed by atoms with Crippen LogP contribution in [0.15, 0.2) is 24.3 Å². The molecular formula is C16H18ClN5O2. The van der Waals surface area contributed by atoms with Gasteiger partial charge in [-0.05, 0) is 32.0 Å². The van der Waals surface area contributed by atoms with Crippen LogP contribution in [0.1, 0.15) is 28.8 Å². The number of nitrogens with zero attached hydrogens (tertiary/aromatic N) is 4. The number of fused-ring (bicyclic) bond motifs is 1. The average molecular weight is 348 g/mol. The Hall–Kier alpha value is -2.54. The van der Waals surface area contributed by atoms with Gasteiger partial charge >= 0.3 is 5.97 Å². The highest BCUT2D eigenvalue weighted by Crippen LogP contribution is 2.20. The number of hydrogen-bond acceptors (Lipinski definition) is 5. The topological polar surface area (TPSA) is 73.5 Å². The largest absolute Gasteiger partial charge is 0.461 e. The van der Waals surface area contributed by atoms with Gasteiger partial charge in [0.25, 0.3) is 0 Å². The maximum Gasteiger partial charge on any atom is 0.358 e. The van der Waals surface area contributed by atoms with E-state index in [1.54, 1.807) is 17.7 Å². The second kappa shape index (κ2) is 6.52. The van der Waals surface area contributed by atoms with Crippen molar-refractivity contribution in [1.82, 2.24) is 19.4 Å². The lowest BCUT2D eigenvalue weighted by Crippen LogP contribution is -2.11. The highest BCUT2D eigenvalue weighted by Gasteiger charge is 2.15. The Kier molecular flexibility index (Phi) is 4.44. The van der Waals surface area contributed by atoms with Gasteiger partial charge in [0.15, 0.2) is 5.69 Å². The van der Waals surface area contributed by atoms with Gasteiger partial charge < -0.3 is 10.1 Å². The Morgan fingerprint density at radius 3 is 2.79 bits per heavy atom. The van der Waals surface area contributed by atoms with Crippen molar-refractivity contribution in [2.75, 3.05) is 19.0 Å². The Morgan fingerprint density at radius 1 is 1.29 bits per heavy atom. The zero-order valence-corrected chi connectivity index (χ0v) is 14.5. The van der Waals surface area contributed by atoms with E-state index in [1.807, 2.05) is 36.7 Å². The SMILES string of the molecule is CCOC(=O)c1cc(C)n(Cc2cc(Cl)cc3cc(NC)nn23)n1. The van der Waals surface area contributed by atoms with Gasteiger partial charge in [0, 0.05) is 23.8 Å². The van der Waals surface area contributed by atoms with E-state index in [0.29, 0.717) is 23.9 Å². The minimum Gasteiger partial charge on any atom is -0.461 e. The van der Waals surface area contributed by atoms with Gasteiger partial charge in [-0.15, -0.1) is 0 Å². The van der Waals surface area contributed by atoms with Gasteiger partial charge in [0.05, 0.1) is 24.4 Å². The summed E-state index contributed by atoms with van der Waals surface area (Å²) in [5, 5.41) is 12.4. The van der Waals surface area contributed by atoms with Crippen molar-refractivity contribution in [2.45, 2.75) is 20.4 Å². The second-order valence-electron chi connectivity index (χ2n) is 5.33. The molecule has 1 N–H and O–H groups in total. The fourth-order valence-corrected chi connectivity index (χ4v) is 2.73. The fraction of sp³-hybridized carbons (Fsp3) is 0.312. The molecule has 126 valence electrons. The Balaban J connectivity index is 1.98. The summed E-state index contributed by atoms with van der Waals surface area (Å²) in [5.41, 5.74) is 2.90. The normalized spacial score (nSPS) is 11.0. The summed E-state index contributed by atoms with van der Waals surface area (Å²) in [6.07, 6.45) is 0. The third kappa shape index (κ3) is 3.07. The average Bonchev–Trinajstić information content (AvgIpc) is 3.11. The molecule has 0 aliphatic heterocycles. The van der Waals surface area contributed by atoms with E-state index in [2.05, 4.69) is 15.5 Å². The van der Waals surface area contributed by atoms with E-state index in [0.717, 1.165) is 22.7 Å². The summed E-state index contributed by atoms with van der Waals surface area (Å²) in [6, 6.07) is 7.31. The van der Waals surface area contributed by atoms with Crippen molar-refractivity contribution >= 4 is 28.9 Å². The van der Waals surface area contributed by atoms with Crippen molar-refractivity contribution in [1.29, 1.82) is 0 Å². The van der Waals surface area contributed by atoms with E-state index < -0.39 is 5.97 Å². The van der Waals surface area contributed by atoms with Crippen LogP contribution in [-0.2, 0) is 11.3 Å². The Morgan fingerprint density at radius 2 is 2.08 bits per heavy atom. The standard InChI is InChI=1S/C16H18ClN5O2/c1-4-24-16(23)14-5-10(2)21(19-14)9-13-7-11(17)6-12-8-15(18-3)20-22(12)13/h5-8H,4,9H2,1-3H3,(H,18,20). The van der Waals surface area contributed by atoms with Crippen LogP contribution in [0.2, 0.25) is 5.02 Å². The number of hydrogen-bond donors (Lipinski definition) is 1. The van der Waals surface area contributed by atoms with E-state index in [9.17, 15) is 4.79 Å². The summed E-state index contributed by atoms with van der Waals surface area (Å²) in [6.45, 7) is 4.41. The molecule has 0 aromatic carbocycles. The molecule has 0 atom stereocenters. The maximum atomic E-state index is 11.8. The zero-order valence-electron chi connectivity index (χ0n) is 13.7. The molecule has 0 amide bonds. The molecule has 0 fully saturated rings. The number of anilines is 1. The maximum absolute atomic E-state index is 11.8. The minimum atomic E-state index is -0.424. The molecular weight excluding hydrogens is 330 g/mol. The third-order valence-corrected chi connectivity index (χ3v) is 3.85. The number of ether oxygens (including phenoxy) is 1. The smallest absolute Gasteiger partial charge is 0.358 e. The number of rotatable bonds is 5. The number of carbonyl (C=O) groups excluding carboxylic acids is 1. The molecule has 8 heteroatoms. The van der Waals surface area contributed by atoms with Crippen LogP contribution in [-0.4, -0.2) is 39.0 Å². The molecule has 0 spiro atoms. The molecule has 3 aromatic rings. The second-order valence-corrected chi connectivity index (χ2v) is 5.77. The highest BCUT2D eigenvalue weighted by molar-refractivity contribution is 6.31. The van der Waals surface area contributed by atoms with Crippen molar-refractivity contribution in [3.8, 4) is 0 Å². The molecule has 0 saturated heterocycles. The predicted octanol–water partition coefficient (Wildman–Crippen LogP) is 2.76. The predicted molar refractivity (Wildman–Crippen MR) is 91.8 cm³/mol. The molecule has 3 aromatic heterocycles. The van der Waals surface area contributed by atoms with Gasteiger partial charge in [-0.25, -0.2) is 9.31 Å². The van der Waals surface area contributed by atoms with Gasteiger partial charge in [-0.1, -0.05) is 11.6 Å². The summed E-state index contributed by atoms with van der Waals surface area (Å²) < 4.78 is 8.53. The summed E-state index contributed by atoms with van der Waals surface area (Å²) in [4.78, 5) is 11.8. The Labute approximate surface area is 144 Å². The molecule has 7 nitrogen and oxygen atoms in total. The van der Waals surface area contributed by atoms with Crippen molar-refractivity contribution < 1.29 is 9.53 Å². The first-order valence-corrected chi connectivity index (χ1v) is 7.97. The van der Waals surface area contributed by atoms with Crippen molar-refractivity contribution in [3.63, 3.8) is 0 Å². The van der Waals surface area contributed by atoms with E-state index in [-0.39, 0.29) is 0 Å². The fourth-order valence-electron chi connectivity index (χ4n) is 2.49. The molecule has 3 heterocycles. The molecule has 24 heavy (non-hydrogen) atoms. The lowest BCUT2D eigenvalue weighted by molar-refractivity contribution is 0.0518. The molecule has 0 bridgehead atoms. The van der Waals surface area contributed by atoms with Crippen LogP contribution in [0.4, 0.5) is 5.82 Å². The van der Waals surface area contributed by atoms with Gasteiger partial charge in [-0.3, -0.25) is 4.68 Å². The lowest BCUT2D eigenvalue weighted by atomic mass is 10.3. The highest BCUT2D eigenvalue weighted by atomic mass is 35.5. The number of aromatic nitrogens is 4. The summed E-state index contributed by atoms with van der Waals surface area (Å²) in [5.74, 6) is 0.329. The first kappa shape index (κ1) is 16.3. The van der Waals surface area contributed by atoms with Crippen LogP contribution in [0.25, 0.3) is 5.52 Å². The third-order valence-electron chi connectivity index (χ3n) is 3.63. The van der Waals surface area contributed by atoms with E-state index >= 15 is 0 Å². The zero-order chi connectivity index (χ0) is 17.3. The van der Waals surface area contributed by atoms with Gasteiger partial charge in [0.1, 0.15) is 5.82 Å². The van der Waals surface area contributed by atoms with Gasteiger partial charge in [-0.2, -0.15) is 10.2 Å². The van der Waals surface area contributed by atoms with Crippen LogP contribution < -0.4 is 5.32 Å². The van der Waals surface area contributed by atoms with Crippen LogP contribution in [0.3, 0.4) is 0 Å². The molecule has 0 radical (unpaired) electrons. The van der Waals surface area contributed by atoms with E-state index in [1.165, 1.54) is 0 Å². The van der Waals surface area contributed by atoms with Crippen LogP contribution in [0, 0.1) is 6.92 Å². The van der Waals surface area contributed by atoms with Gasteiger partial charge in [0.2, 0.25) is 0 Å². The summed E-state index contributed by atoms with van der Waals surface area (Å²) in [7, 11) is 1.81. The Bertz CT molecular complexity index is 899. The van der Waals surface area contributed by atoms with Crippen molar-refractivity contribution in [3.05, 3.63) is 46.4 Å². The first-order chi connectivity index (χ1) is 11.5. The van der Waals surface area contributed by atoms with Crippen LogP contribution >= 0.6 is 11.6 Å². The molecule has 0 aliphatic carbocycles. The number of esters is 1. The summed E-state index contributed by atoms with van der Waals surface area (Å²) >= 11 is 6.21. The van der Waals surface area contributed by atoms with Crippen LogP contribution in [0.5, 0.6) is 0 Å². The minimum absolute atomic E-state index is 0.295. The molecule has 3 rings (SSSR count). The van der Waals surface area contributed by atoms with E-state index in [4.69, 9.17) is 16.3 Å². The monoisotopic (exact) mass is 347 g/mol. The first-order valence-electron chi connectivity index (χ1n) is 7.59. The number of pyridine rings is 1. The van der Waals surface area contributed by atoms with Crippen molar-refractivity contribution in [2.24, 2.45) is 0 Å². The number of carbonyl (C=O) groups is 1.